The summed E-state index contributed by atoms with van der Waals surface area (Å²) in [5.74, 6) is 5.28. The van der Waals surface area contributed by atoms with Gasteiger partial charge in [-0.3, -0.25) is 0 Å². The zero-order chi connectivity index (χ0) is 49.6. The molecular formula is C65H132. The highest BCUT2D eigenvalue weighted by Gasteiger charge is 2.66. The van der Waals surface area contributed by atoms with Crippen molar-refractivity contribution in [2.24, 2.45) is 68.5 Å². The fourth-order valence-electron chi connectivity index (χ4n) is 15.2. The van der Waals surface area contributed by atoms with Gasteiger partial charge in [0.05, 0.1) is 0 Å². The average molecular weight is 914 g/mol. The largest absolute Gasteiger partial charge is 0.0654 e. The van der Waals surface area contributed by atoms with E-state index in [1.165, 1.54) is 218 Å². The fourth-order valence-corrected chi connectivity index (χ4v) is 15.2. The second-order valence-corrected chi connectivity index (χ2v) is 25.6. The normalized spacial score (nSPS) is 18.4. The molecule has 0 aromatic carbocycles. The molecule has 0 amide bonds. The van der Waals surface area contributed by atoms with E-state index in [4.69, 9.17) is 0 Å². The van der Waals surface area contributed by atoms with E-state index in [0.717, 1.165) is 35.5 Å². The van der Waals surface area contributed by atoms with Gasteiger partial charge in [0, 0.05) is 0 Å². The number of hydrogen-bond acceptors (Lipinski definition) is 0. The first-order valence-electron chi connectivity index (χ1n) is 30.9. The van der Waals surface area contributed by atoms with E-state index in [2.05, 4.69) is 132 Å². The van der Waals surface area contributed by atoms with E-state index >= 15 is 0 Å². The van der Waals surface area contributed by atoms with Crippen LogP contribution in [0.25, 0.3) is 0 Å². The molecule has 0 saturated heterocycles. The molecule has 65 heavy (non-hydrogen) atoms. The van der Waals surface area contributed by atoms with Crippen molar-refractivity contribution in [1.29, 1.82) is 0 Å². The molecule has 0 aromatic heterocycles. The Labute approximate surface area is 416 Å². The van der Waals surface area contributed by atoms with Gasteiger partial charge in [0.2, 0.25) is 0 Å². The monoisotopic (exact) mass is 913 g/mol. The zero-order valence-corrected chi connectivity index (χ0v) is 49.6. The fraction of sp³-hybridized carbons (Fsp3) is 1.00. The lowest BCUT2D eigenvalue weighted by Gasteiger charge is -2.69. The molecule has 0 aliphatic carbocycles. The van der Waals surface area contributed by atoms with Crippen LogP contribution in [-0.4, -0.2) is 0 Å². The minimum absolute atomic E-state index is 0.252. The van der Waals surface area contributed by atoms with Crippen molar-refractivity contribution >= 4 is 0 Å². The Morgan fingerprint density at radius 2 is 0.800 bits per heavy atom. The van der Waals surface area contributed by atoms with Gasteiger partial charge in [0.1, 0.15) is 0 Å². The highest BCUT2D eigenvalue weighted by molar-refractivity contribution is 5.14. The second kappa shape index (κ2) is 35.2. The van der Waals surface area contributed by atoms with Crippen LogP contribution in [0.15, 0.2) is 0 Å². The summed E-state index contributed by atoms with van der Waals surface area (Å²) in [5, 5.41) is 0. The molecule has 0 heteroatoms. The Morgan fingerprint density at radius 1 is 0.354 bits per heavy atom. The predicted molar refractivity (Wildman–Crippen MR) is 301 cm³/mol. The molecule has 0 fully saturated rings. The Balaban J connectivity index is 9.89. The lowest BCUT2D eigenvalue weighted by atomic mass is 9.35. The maximum absolute atomic E-state index is 3.09. The molecule has 0 aromatic rings. The molecule has 0 rings (SSSR count). The van der Waals surface area contributed by atoms with Crippen LogP contribution in [0, 0.1) is 68.5 Å². The minimum atomic E-state index is 0.252. The smallest absolute Gasteiger partial charge is 0.0176 e. The van der Waals surface area contributed by atoms with Gasteiger partial charge < -0.3 is 0 Å². The van der Waals surface area contributed by atoms with E-state index < -0.39 is 0 Å². The summed E-state index contributed by atoms with van der Waals surface area (Å²) in [6, 6.07) is 0. The van der Waals surface area contributed by atoms with Crippen LogP contribution in [0.4, 0.5) is 0 Å². The molecule has 8 atom stereocenters. The SMILES string of the molecule is CCCCCCC(CCC)(CCCCC)CC(CC(CCC)(CCCC)CCCC)(C(C)C)C(CC(C)CC)(CC(C)CCC)C(C)(CC(CC)CC)C(CCC(C)C)CCC(C)CC. The maximum atomic E-state index is 3.09. The molecule has 0 N–H and O–H groups in total. The molecule has 0 saturated carbocycles. The van der Waals surface area contributed by atoms with Crippen LogP contribution in [0.3, 0.4) is 0 Å². The third-order valence-corrected chi connectivity index (χ3v) is 19.5. The Hall–Kier alpha value is 0. The van der Waals surface area contributed by atoms with Gasteiger partial charge in [-0.25, -0.2) is 0 Å². The molecule has 0 radical (unpaired) electrons. The van der Waals surface area contributed by atoms with Crippen molar-refractivity contribution in [2.45, 2.75) is 350 Å². The number of rotatable bonds is 45. The molecule has 0 heterocycles. The van der Waals surface area contributed by atoms with Crippen molar-refractivity contribution < 1.29 is 0 Å². The molecule has 0 nitrogen and oxygen atoms in total. The summed E-state index contributed by atoms with van der Waals surface area (Å²) in [6.45, 7) is 49.9. The van der Waals surface area contributed by atoms with Gasteiger partial charge in [-0.15, -0.1) is 0 Å². The Bertz CT molecular complexity index is 1070. The minimum Gasteiger partial charge on any atom is -0.0654 e. The van der Waals surface area contributed by atoms with Crippen molar-refractivity contribution in [3.8, 4) is 0 Å². The topological polar surface area (TPSA) is 0 Å². The molecule has 0 spiro atoms. The molecule has 0 aliphatic heterocycles. The zero-order valence-electron chi connectivity index (χ0n) is 49.6. The summed E-state index contributed by atoms with van der Waals surface area (Å²) >= 11 is 0. The third-order valence-electron chi connectivity index (χ3n) is 19.5. The van der Waals surface area contributed by atoms with E-state index in [9.17, 15) is 0 Å². The van der Waals surface area contributed by atoms with E-state index in [1.807, 2.05) is 0 Å². The van der Waals surface area contributed by atoms with Crippen molar-refractivity contribution in [3.05, 3.63) is 0 Å². The van der Waals surface area contributed by atoms with Crippen LogP contribution in [0.1, 0.15) is 350 Å². The first-order chi connectivity index (χ1) is 30.9. The Morgan fingerprint density at radius 3 is 1.22 bits per heavy atom. The van der Waals surface area contributed by atoms with Crippen molar-refractivity contribution in [2.75, 3.05) is 0 Å². The highest BCUT2D eigenvalue weighted by Crippen LogP contribution is 2.74. The second-order valence-electron chi connectivity index (χ2n) is 25.6. The number of unbranched alkanes of at least 4 members (excludes halogenated alkanes) is 7. The first-order valence-corrected chi connectivity index (χ1v) is 30.9. The lowest BCUT2D eigenvalue weighted by molar-refractivity contribution is -0.207. The first kappa shape index (κ1) is 65.0. The Kier molecular flexibility index (Phi) is 35.2. The van der Waals surface area contributed by atoms with Crippen LogP contribution in [0.2, 0.25) is 0 Å². The number of hydrogen-bond donors (Lipinski definition) is 0. The van der Waals surface area contributed by atoms with Crippen LogP contribution >= 0.6 is 0 Å². The third kappa shape index (κ3) is 20.7. The summed E-state index contributed by atoms with van der Waals surface area (Å²) < 4.78 is 0. The summed E-state index contributed by atoms with van der Waals surface area (Å²) in [7, 11) is 0. The van der Waals surface area contributed by atoms with Gasteiger partial charge in [0.15, 0.2) is 0 Å². The molecule has 8 unspecified atom stereocenters. The van der Waals surface area contributed by atoms with Crippen LogP contribution < -0.4 is 0 Å². The molecular weight excluding hydrogens is 781 g/mol. The maximum Gasteiger partial charge on any atom is -0.0176 e. The van der Waals surface area contributed by atoms with Gasteiger partial charge in [-0.1, -0.05) is 266 Å². The van der Waals surface area contributed by atoms with E-state index in [1.54, 1.807) is 0 Å². The summed E-state index contributed by atoms with van der Waals surface area (Å²) in [6.07, 6.45) is 47.8. The van der Waals surface area contributed by atoms with Crippen molar-refractivity contribution in [1.82, 2.24) is 0 Å². The highest BCUT2D eigenvalue weighted by atomic mass is 14.7. The van der Waals surface area contributed by atoms with E-state index in [-0.39, 0.29) is 16.2 Å². The van der Waals surface area contributed by atoms with Gasteiger partial charge in [-0.05, 0) is 152 Å². The summed E-state index contributed by atoms with van der Waals surface area (Å²) in [5.41, 5.74) is 1.61. The summed E-state index contributed by atoms with van der Waals surface area (Å²) in [4.78, 5) is 0. The molecule has 0 aliphatic rings. The average Bonchev–Trinajstić information content (AvgIpc) is 3.27. The van der Waals surface area contributed by atoms with Gasteiger partial charge in [0.25, 0.3) is 0 Å². The van der Waals surface area contributed by atoms with E-state index in [0.29, 0.717) is 16.7 Å². The predicted octanol–water partition coefficient (Wildman–Crippen LogP) is 23.9. The standard InChI is InChI=1S/C65H132/c1-20-31-35-37-48-63(44-26-7,47-36-32-21-2)53-64(55(14)15,52-62(43-25-6,45-33-22-3)46-34-23-4)65(49-57(17)28-9,50-58(18)38-24-5)61(19,51-59(29-10)30-11)60(41-39-54(12)13)42-40-56(16)27-8/h54-60H,20-53H2,1-19H3. The van der Waals surface area contributed by atoms with Crippen molar-refractivity contribution in [3.63, 3.8) is 0 Å². The quantitative estimate of drug-likeness (QED) is 0.0534. The molecule has 392 valence electrons. The molecule has 0 bridgehead atoms. The lowest BCUT2D eigenvalue weighted by Crippen LogP contribution is -2.62. The van der Waals surface area contributed by atoms with Crippen LogP contribution in [0.5, 0.6) is 0 Å². The van der Waals surface area contributed by atoms with Crippen LogP contribution in [-0.2, 0) is 0 Å². The van der Waals surface area contributed by atoms with Gasteiger partial charge in [-0.2, -0.15) is 0 Å². The van der Waals surface area contributed by atoms with Gasteiger partial charge >= 0.3 is 0 Å².